The molecule has 0 atom stereocenters. The molecule has 0 saturated heterocycles. The van der Waals surface area contributed by atoms with Crippen molar-refractivity contribution >= 4 is 49.9 Å². The molecule has 3 heterocycles. The van der Waals surface area contributed by atoms with Gasteiger partial charge >= 0.3 is 0 Å². The number of hydrogen-bond donors (Lipinski definition) is 0. The average Bonchev–Trinajstić information content (AvgIpc) is 3.73. The first kappa shape index (κ1) is 28.9. The fourth-order valence-electron chi connectivity index (χ4n) is 8.75. The van der Waals surface area contributed by atoms with Gasteiger partial charge in [-0.3, -0.25) is 0 Å². The van der Waals surface area contributed by atoms with E-state index in [1.165, 1.54) is 67.4 Å². The molecule has 0 radical (unpaired) electrons. The zero-order valence-electron chi connectivity index (χ0n) is 25.4. The second-order valence-electron chi connectivity index (χ2n) is 13.6. The highest BCUT2D eigenvalue weighted by molar-refractivity contribution is 9.11. The summed E-state index contributed by atoms with van der Waals surface area (Å²) in [4.78, 5) is 5.56. The summed E-state index contributed by atoms with van der Waals surface area (Å²) < 4.78 is 1.19. The third-order valence-electron chi connectivity index (χ3n) is 10.7. The van der Waals surface area contributed by atoms with Crippen LogP contribution in [0, 0.1) is 0 Å². The van der Waals surface area contributed by atoms with Crippen molar-refractivity contribution < 1.29 is 0 Å². The van der Waals surface area contributed by atoms with Crippen molar-refractivity contribution in [3.05, 3.63) is 67.8 Å². The first-order valence-corrected chi connectivity index (χ1v) is 18.4. The van der Waals surface area contributed by atoms with Gasteiger partial charge in [0.2, 0.25) is 0 Å². The van der Waals surface area contributed by atoms with Gasteiger partial charge in [0.1, 0.15) is 0 Å². The van der Waals surface area contributed by atoms with Crippen LogP contribution < -0.4 is 0 Å². The normalized spacial score (nSPS) is 19.6. The van der Waals surface area contributed by atoms with Gasteiger partial charge in [0.05, 0.1) is 8.66 Å². The third kappa shape index (κ3) is 4.13. The van der Waals surface area contributed by atoms with Crippen molar-refractivity contribution in [1.29, 1.82) is 0 Å². The minimum atomic E-state index is 0.147. The zero-order chi connectivity index (χ0) is 28.7. The van der Waals surface area contributed by atoms with Crippen LogP contribution in [0.5, 0.6) is 0 Å². The van der Waals surface area contributed by atoms with Crippen LogP contribution in [-0.2, 0) is 21.7 Å². The second kappa shape index (κ2) is 9.93. The number of benzene rings is 1. The molecule has 0 nitrogen and oxygen atoms in total. The van der Waals surface area contributed by atoms with E-state index in [1.54, 1.807) is 27.8 Å². The minimum absolute atomic E-state index is 0.147. The molecule has 6 rings (SSSR count). The van der Waals surface area contributed by atoms with Gasteiger partial charge in [0, 0.05) is 20.2 Å². The van der Waals surface area contributed by atoms with Gasteiger partial charge in [-0.1, -0.05) is 61.5 Å². The molecule has 4 heteroatoms. The van der Waals surface area contributed by atoms with Crippen molar-refractivity contribution in [1.82, 2.24) is 0 Å². The molecule has 2 aliphatic carbocycles. The molecular weight excluding hydrogens is 609 g/mol. The fraction of sp³-hybridized carbons (Fsp3) is 0.500. The van der Waals surface area contributed by atoms with Crippen LogP contribution in [0.3, 0.4) is 0 Å². The summed E-state index contributed by atoms with van der Waals surface area (Å²) in [5, 5.41) is 2.35. The van der Waals surface area contributed by atoms with Crippen LogP contribution in [-0.4, -0.2) is 0 Å². The maximum Gasteiger partial charge on any atom is 0.0705 e. The minimum Gasteiger partial charge on any atom is -0.142 e. The Balaban J connectivity index is 1.67. The number of hydrogen-bond acceptors (Lipinski definition) is 3. The lowest BCUT2D eigenvalue weighted by Crippen LogP contribution is -2.25. The molecule has 1 aromatic carbocycles. The molecule has 40 heavy (non-hydrogen) atoms. The SMILES string of the molecule is CCC1(CC)CC(C)(C)c2c1cc1c(c2-c2ccsc2-c2ccc(-c3ccc(Br)s3)s2)C(C)(C)CC1(CC)CC. The standard InChI is InChI=1S/C36H43BrS3/c1-9-35(10-2)20-33(5,6)30-23(35)19-24-31(34(7,8)21-36(24,11-3)12-4)29(30)22-17-18-38-32(22)27-14-13-25(39-27)26-15-16-28(37)40-26/h13-19H,9-12,20-21H2,1-8H3. The Morgan fingerprint density at radius 2 is 1.18 bits per heavy atom. The van der Waals surface area contributed by atoms with E-state index in [9.17, 15) is 0 Å². The van der Waals surface area contributed by atoms with Crippen LogP contribution in [0.2, 0.25) is 0 Å². The molecular formula is C36H43BrS3. The van der Waals surface area contributed by atoms with E-state index in [-0.39, 0.29) is 21.7 Å². The smallest absolute Gasteiger partial charge is 0.0705 e. The largest absolute Gasteiger partial charge is 0.142 e. The summed E-state index contributed by atoms with van der Waals surface area (Å²) in [7, 11) is 0. The number of thiophene rings is 3. The molecule has 0 bridgehead atoms. The fourth-order valence-corrected chi connectivity index (χ4v) is 12.3. The number of rotatable bonds is 7. The van der Waals surface area contributed by atoms with E-state index in [2.05, 4.69) is 113 Å². The maximum atomic E-state index is 3.66. The zero-order valence-corrected chi connectivity index (χ0v) is 29.4. The van der Waals surface area contributed by atoms with Gasteiger partial charge in [-0.05, 0) is 140 Å². The Kier molecular flexibility index (Phi) is 7.17. The Bertz CT molecular complexity index is 1510. The maximum absolute atomic E-state index is 3.66. The third-order valence-corrected chi connectivity index (χ3v) is 14.7. The summed E-state index contributed by atoms with van der Waals surface area (Å²) in [6, 6.07) is 14.3. The predicted molar refractivity (Wildman–Crippen MR) is 184 cm³/mol. The molecule has 2 aliphatic rings. The van der Waals surface area contributed by atoms with Gasteiger partial charge in [0.15, 0.2) is 0 Å². The van der Waals surface area contributed by atoms with Crippen LogP contribution in [0.15, 0.2) is 45.6 Å². The van der Waals surface area contributed by atoms with Crippen molar-refractivity contribution in [3.8, 4) is 30.6 Å². The van der Waals surface area contributed by atoms with Crippen LogP contribution in [0.1, 0.15) is 116 Å². The molecule has 0 unspecified atom stereocenters. The average molecular weight is 652 g/mol. The van der Waals surface area contributed by atoms with E-state index in [0.717, 1.165) is 0 Å². The molecule has 0 spiro atoms. The number of fused-ring (bicyclic) bond motifs is 2. The first-order chi connectivity index (χ1) is 19.0. The molecule has 0 amide bonds. The van der Waals surface area contributed by atoms with Crippen molar-refractivity contribution in [2.75, 3.05) is 0 Å². The van der Waals surface area contributed by atoms with Crippen LogP contribution >= 0.6 is 49.9 Å². The van der Waals surface area contributed by atoms with Gasteiger partial charge in [0.25, 0.3) is 0 Å². The van der Waals surface area contributed by atoms with Gasteiger partial charge in [-0.15, -0.1) is 34.0 Å². The Morgan fingerprint density at radius 3 is 1.68 bits per heavy atom. The number of halogens is 1. The topological polar surface area (TPSA) is 0 Å². The molecule has 3 aromatic heterocycles. The van der Waals surface area contributed by atoms with Crippen LogP contribution in [0.25, 0.3) is 30.6 Å². The molecule has 4 aromatic rings. The van der Waals surface area contributed by atoms with E-state index in [4.69, 9.17) is 0 Å². The van der Waals surface area contributed by atoms with Crippen molar-refractivity contribution in [2.24, 2.45) is 0 Å². The Morgan fingerprint density at radius 1 is 0.675 bits per heavy atom. The monoisotopic (exact) mass is 650 g/mol. The lowest BCUT2D eigenvalue weighted by atomic mass is 9.72. The molecule has 0 saturated carbocycles. The van der Waals surface area contributed by atoms with E-state index in [0.29, 0.717) is 0 Å². The first-order valence-electron chi connectivity index (χ1n) is 15.1. The quantitative estimate of drug-likeness (QED) is 0.187. The van der Waals surface area contributed by atoms with Gasteiger partial charge in [-0.2, -0.15) is 0 Å². The molecule has 0 N–H and O–H groups in total. The Hall–Kier alpha value is -1.20. The van der Waals surface area contributed by atoms with Crippen molar-refractivity contribution in [2.45, 2.75) is 116 Å². The lowest BCUT2D eigenvalue weighted by Gasteiger charge is -2.32. The predicted octanol–water partition coefficient (Wildman–Crippen LogP) is 13.1. The highest BCUT2D eigenvalue weighted by atomic mass is 79.9. The lowest BCUT2D eigenvalue weighted by molar-refractivity contribution is 0.322. The van der Waals surface area contributed by atoms with E-state index < -0.39 is 0 Å². The summed E-state index contributed by atoms with van der Waals surface area (Å²) in [6.07, 6.45) is 7.36. The van der Waals surface area contributed by atoms with Gasteiger partial charge < -0.3 is 0 Å². The molecule has 0 fully saturated rings. The van der Waals surface area contributed by atoms with E-state index in [1.807, 2.05) is 34.0 Å². The highest BCUT2D eigenvalue weighted by Crippen LogP contribution is 2.64. The summed E-state index contributed by atoms with van der Waals surface area (Å²) >= 11 is 9.37. The summed E-state index contributed by atoms with van der Waals surface area (Å²) in [5.41, 5.74) is 10.6. The second-order valence-corrected chi connectivity index (χ2v) is 18.1. The van der Waals surface area contributed by atoms with Crippen LogP contribution in [0.4, 0.5) is 0 Å². The van der Waals surface area contributed by atoms with E-state index >= 15 is 0 Å². The molecule has 212 valence electrons. The highest BCUT2D eigenvalue weighted by Gasteiger charge is 2.53. The summed E-state index contributed by atoms with van der Waals surface area (Å²) in [6.45, 7) is 19.9. The Labute approximate surface area is 262 Å². The molecule has 0 aliphatic heterocycles. The van der Waals surface area contributed by atoms with Crippen molar-refractivity contribution in [3.63, 3.8) is 0 Å². The summed E-state index contributed by atoms with van der Waals surface area (Å²) in [5.74, 6) is 0. The van der Waals surface area contributed by atoms with Gasteiger partial charge in [-0.25, -0.2) is 0 Å².